The quantitative estimate of drug-likeness (QED) is 0.00896. The second kappa shape index (κ2) is 43.0. The molecule has 3 aromatic heterocycles. The minimum absolute atomic E-state index is 0.0295. The molecular weight excluding hydrogens is 1680 g/mol. The number of nitrogens with zero attached hydrogens (tertiary/aromatic N) is 15. The smallest absolute Gasteiger partial charge is 0.354 e. The molecule has 0 radical (unpaired) electrons. The molecule has 680 valence electrons. The fraction of sp³-hybridized carbons (Fsp3) is 0.400. The Labute approximate surface area is 739 Å². The minimum atomic E-state index is -5.83. The zero-order valence-corrected chi connectivity index (χ0v) is 74.8. The average Bonchev–Trinajstić information content (AvgIpc) is 0.753. The van der Waals surface area contributed by atoms with Gasteiger partial charge in [-0.2, -0.15) is 28.8 Å². The number of aryl methyl sites for hydroxylation is 3. The predicted octanol–water partition coefficient (Wildman–Crippen LogP) is 17.2. The molecule has 0 unspecified atom stereocenters. The van der Waals surface area contributed by atoms with Crippen molar-refractivity contribution in [2.24, 2.45) is 0 Å². The van der Waals surface area contributed by atoms with Gasteiger partial charge >= 0.3 is 25.9 Å². The number of carbonyl (C=O) groups is 6. The Bertz CT molecular complexity index is 5040. The molecule has 38 heteroatoms. The number of amides is 9. The van der Waals surface area contributed by atoms with Gasteiger partial charge in [0.2, 0.25) is 17.8 Å². The van der Waals surface area contributed by atoms with Crippen LogP contribution in [-0.2, 0) is 38.1 Å². The topological polar surface area (TPSA) is 326 Å². The van der Waals surface area contributed by atoms with E-state index < -0.39 is 95.6 Å². The number of benzene rings is 6. The summed E-state index contributed by atoms with van der Waals surface area (Å²) in [5, 5.41) is 19.9. The Kier molecular flexibility index (Phi) is 31.9. The van der Waals surface area contributed by atoms with Crippen LogP contribution in [0.15, 0.2) is 109 Å². The van der Waals surface area contributed by atoms with Gasteiger partial charge in [0.1, 0.15) is 52.0 Å². The molecule has 0 atom stereocenters. The molecule has 0 spiro atoms. The van der Waals surface area contributed by atoms with Crippen LogP contribution in [-0.4, -0.2) is 194 Å². The molecule has 0 fully saturated rings. The van der Waals surface area contributed by atoms with Crippen molar-refractivity contribution in [3.05, 3.63) is 194 Å². The number of para-hydroxylation sites is 3. The highest BCUT2D eigenvalue weighted by Gasteiger charge is 2.44. The highest BCUT2D eigenvalue weighted by molar-refractivity contribution is 7.48. The van der Waals surface area contributed by atoms with E-state index in [1.54, 1.807) is 59.7 Å². The normalized spacial score (nSPS) is 13.2. The highest BCUT2D eigenvalue weighted by atomic mass is 31.2. The summed E-state index contributed by atoms with van der Waals surface area (Å²) in [6.07, 6.45) is 2.07. The van der Waals surface area contributed by atoms with Crippen LogP contribution in [0.2, 0.25) is 0 Å². The maximum atomic E-state index is 16.9. The van der Waals surface area contributed by atoms with Gasteiger partial charge in [-0.25, -0.2) is 90.1 Å². The summed E-state index contributed by atoms with van der Waals surface area (Å²) >= 11 is 0. The molecule has 9 amide bonds. The molecule has 9 aromatic rings. The lowest BCUT2D eigenvalue weighted by Crippen LogP contribution is -2.43. The lowest BCUT2D eigenvalue weighted by atomic mass is 9.97. The molecule has 12 rings (SSSR count). The summed E-state index contributed by atoms with van der Waals surface area (Å²) in [4.78, 5) is 128. The van der Waals surface area contributed by atoms with E-state index in [-0.39, 0.29) is 161 Å². The first-order valence-corrected chi connectivity index (χ1v) is 44.8. The van der Waals surface area contributed by atoms with E-state index in [0.29, 0.717) is 90.4 Å². The number of halogens is 6. The predicted molar refractivity (Wildman–Crippen MR) is 476 cm³/mol. The van der Waals surface area contributed by atoms with E-state index in [4.69, 9.17) is 43.8 Å². The molecule has 6 aromatic carbocycles. The Balaban J connectivity index is 0.969. The van der Waals surface area contributed by atoms with Crippen molar-refractivity contribution in [2.75, 3.05) is 129 Å². The Hall–Kier alpha value is -12.3. The minimum Gasteiger partial charge on any atom is -0.354 e. The SMILES string of the molecule is CCCN(OP(=O)(ON(CCC)C(=O)c1ccc(C)c(-c2nc(NCCCN(CC)CC)nc3c2CNC(=O)N3c2c(F)cccc2F)c1)ON(CCC)C(=O)c1ccc(C)c(-c2nc(NCCCN(CC)CC)nc3c2CNC(=O)N3c2c(F)cccc2F)c1)C(=O)c1ccc(C)c(-c2nc(NCCCN(CC)CC)nc3c2CNC(=O)N3c2c(F)cccc2F)c1. The number of hydrogen-bond acceptors (Lipinski definition) is 22. The number of hydroxylamine groups is 6. The van der Waals surface area contributed by atoms with Crippen LogP contribution in [0.3, 0.4) is 0 Å². The van der Waals surface area contributed by atoms with Gasteiger partial charge in [-0.1, -0.05) is 98.7 Å². The number of hydrogen-bond donors (Lipinski definition) is 6. The standard InChI is InChI=1S/C90H108F6N21O10P/c1-13-43-112(82(118)58-37-34-55(10)61(49-58)73-64-52-100-88(121)115(76-67(91)28-22-29-68(76)92)79(64)106-85(103-73)97-40-25-46-109(16-4)17-5)125-128(124,126-113(44-14-2)83(119)59-38-35-56(11)62(50-59)74-65-53-101-89(122)116(77-69(93)30-23-31-70(77)94)80(65)107-86(104-74)98-41-26-47-110(18-6)19-7)127-114(45-15-3)84(120)60-39-36-57(12)63(51-60)75-66-54-102-90(123)117(78-71(95)32-24-33-72(78)96)81(66)108-87(105-75)99-42-27-48-111(20-8)21-9/h22-24,28-39,49-51H,13-21,25-27,40-48,52-54H2,1-12H3,(H,100,121)(H,101,122)(H,102,123)(H,97,103,106)(H,98,104,107)(H,99,105,108). The van der Waals surface area contributed by atoms with E-state index >= 15 is 45.3 Å². The Morgan fingerprint density at radius 3 is 0.867 bits per heavy atom. The molecule has 3 aliphatic heterocycles. The molecule has 6 N–H and O–H groups in total. The third-order valence-corrected chi connectivity index (χ3v) is 23.4. The van der Waals surface area contributed by atoms with Gasteiger partial charge in [-0.05, 0) is 208 Å². The first-order chi connectivity index (χ1) is 61.6. The Morgan fingerprint density at radius 2 is 0.633 bits per heavy atom. The summed E-state index contributed by atoms with van der Waals surface area (Å²) in [5.74, 6) is -9.98. The van der Waals surface area contributed by atoms with Crippen molar-refractivity contribution >= 4 is 96.0 Å². The molecule has 31 nitrogen and oxygen atoms in total. The number of fused-ring (bicyclic) bond motifs is 3. The fourth-order valence-corrected chi connectivity index (χ4v) is 16.5. The van der Waals surface area contributed by atoms with Crippen molar-refractivity contribution in [1.29, 1.82) is 0 Å². The van der Waals surface area contributed by atoms with E-state index in [1.165, 1.54) is 36.4 Å². The number of urea groups is 3. The molecule has 128 heavy (non-hydrogen) atoms. The third kappa shape index (κ3) is 21.3. The largest absolute Gasteiger partial charge is 0.540 e. The van der Waals surface area contributed by atoms with Crippen LogP contribution in [0.25, 0.3) is 33.8 Å². The van der Waals surface area contributed by atoms with E-state index in [1.807, 2.05) is 41.5 Å². The van der Waals surface area contributed by atoms with Crippen molar-refractivity contribution in [3.63, 3.8) is 0 Å². The zero-order valence-electron chi connectivity index (χ0n) is 73.9. The van der Waals surface area contributed by atoms with Crippen molar-refractivity contribution in [2.45, 2.75) is 141 Å². The second-order valence-electron chi connectivity index (χ2n) is 30.7. The number of phosphoric acid groups is 1. The average molecular weight is 1790 g/mol. The van der Waals surface area contributed by atoms with Crippen molar-refractivity contribution in [3.8, 4) is 33.8 Å². The van der Waals surface area contributed by atoms with E-state index in [9.17, 15) is 14.4 Å². The van der Waals surface area contributed by atoms with Crippen LogP contribution >= 0.6 is 7.82 Å². The van der Waals surface area contributed by atoms with Crippen molar-refractivity contribution < 1.29 is 73.5 Å². The highest BCUT2D eigenvalue weighted by Crippen LogP contribution is 2.54. The van der Waals surface area contributed by atoms with Gasteiger partial charge in [0.25, 0.3) is 17.7 Å². The number of nitrogens with one attached hydrogen (secondary N) is 6. The summed E-state index contributed by atoms with van der Waals surface area (Å²) < 4.78 is 132. The lowest BCUT2D eigenvalue weighted by Gasteiger charge is -2.32. The van der Waals surface area contributed by atoms with Crippen LogP contribution in [0.5, 0.6) is 0 Å². The van der Waals surface area contributed by atoms with Crippen molar-refractivity contribution in [1.82, 2.24) is 75.7 Å². The van der Waals surface area contributed by atoms with Gasteiger partial charge in [-0.15, -0.1) is 0 Å². The molecular formula is C90H108F6N21O10P. The summed E-state index contributed by atoms with van der Waals surface area (Å²) in [7, 11) is -5.83. The number of rotatable bonds is 42. The van der Waals surface area contributed by atoms with Crippen LogP contribution in [0, 0.1) is 55.7 Å². The van der Waals surface area contributed by atoms with E-state index in [0.717, 1.165) is 109 Å². The maximum absolute atomic E-state index is 16.9. The summed E-state index contributed by atoms with van der Waals surface area (Å²) in [6.45, 7) is 28.3. The van der Waals surface area contributed by atoms with E-state index in [2.05, 4.69) is 46.6 Å². The number of anilines is 9. The molecule has 0 saturated carbocycles. The van der Waals surface area contributed by atoms with Crippen LogP contribution in [0.4, 0.5) is 93.1 Å². The molecule has 0 bridgehead atoms. The maximum Gasteiger partial charge on any atom is 0.540 e. The first kappa shape index (κ1) is 94.9. The second-order valence-corrected chi connectivity index (χ2v) is 32.1. The number of aromatic nitrogens is 6. The van der Waals surface area contributed by atoms with Crippen LogP contribution in [0.1, 0.15) is 165 Å². The Morgan fingerprint density at radius 1 is 0.383 bits per heavy atom. The van der Waals surface area contributed by atoms with Gasteiger partial charge in [0, 0.05) is 89.3 Å². The first-order valence-electron chi connectivity index (χ1n) is 43.3. The lowest BCUT2D eigenvalue weighted by molar-refractivity contribution is -0.149. The van der Waals surface area contributed by atoms with Gasteiger partial charge in [0.15, 0.2) is 17.5 Å². The fourth-order valence-electron chi connectivity index (χ4n) is 15.3. The van der Waals surface area contributed by atoms with Gasteiger partial charge < -0.3 is 46.6 Å². The molecule has 0 aliphatic carbocycles. The van der Waals surface area contributed by atoms with Gasteiger partial charge in [-0.3, -0.25) is 14.4 Å². The molecule has 6 heterocycles. The summed E-state index contributed by atoms with van der Waals surface area (Å²) in [5.41, 5.74) is 0.695. The summed E-state index contributed by atoms with van der Waals surface area (Å²) in [6, 6.07) is 20.3. The molecule has 0 saturated heterocycles. The van der Waals surface area contributed by atoms with Crippen LogP contribution < -0.4 is 46.6 Å². The molecule has 3 aliphatic rings. The monoisotopic (exact) mass is 1790 g/mol. The van der Waals surface area contributed by atoms with Gasteiger partial charge in [0.05, 0.1) is 36.7 Å². The third-order valence-electron chi connectivity index (χ3n) is 22.2. The zero-order chi connectivity index (χ0) is 91.8. The number of carbonyl (C=O) groups excluding carboxylic acids is 6.